The Kier molecular flexibility index (Phi) is 5.85. The first-order valence-corrected chi connectivity index (χ1v) is 10.4. The number of nitrogens with zero attached hydrogens (tertiary/aromatic N) is 1. The molecular weight excluding hydrogens is 407 g/mol. The fourth-order valence-corrected chi connectivity index (χ4v) is 4.44. The van der Waals surface area contributed by atoms with E-state index in [2.05, 4.69) is 4.72 Å². The summed E-state index contributed by atoms with van der Waals surface area (Å²) in [4.78, 5) is 11.1. The summed E-state index contributed by atoms with van der Waals surface area (Å²) in [7, 11) is -4.19. The van der Waals surface area contributed by atoms with Crippen LogP contribution in [0.15, 0.2) is 65.6 Å². The summed E-state index contributed by atoms with van der Waals surface area (Å²) in [6.45, 7) is 1.75. The Morgan fingerprint density at radius 1 is 1.13 bits per heavy atom. The summed E-state index contributed by atoms with van der Waals surface area (Å²) in [6, 6.07) is 15.8. The van der Waals surface area contributed by atoms with Crippen molar-refractivity contribution in [2.24, 2.45) is 0 Å². The van der Waals surface area contributed by atoms with Gasteiger partial charge >= 0.3 is 5.97 Å². The van der Waals surface area contributed by atoms with E-state index in [0.717, 1.165) is 6.07 Å². The molecule has 0 bridgehead atoms. The first-order chi connectivity index (χ1) is 14.2. The van der Waals surface area contributed by atoms with Crippen molar-refractivity contribution in [3.63, 3.8) is 0 Å². The molecule has 0 amide bonds. The summed E-state index contributed by atoms with van der Waals surface area (Å²) in [5.74, 6) is -1.74. The normalized spacial score (nSPS) is 11.0. The van der Waals surface area contributed by atoms with Gasteiger partial charge in [0.2, 0.25) is 0 Å². The highest BCUT2D eigenvalue weighted by Crippen LogP contribution is 2.32. The van der Waals surface area contributed by atoms with Crippen molar-refractivity contribution in [3.8, 4) is 17.2 Å². The van der Waals surface area contributed by atoms with E-state index in [1.165, 1.54) is 48.5 Å². The summed E-state index contributed by atoms with van der Waals surface area (Å²) >= 11 is 0. The molecule has 3 aromatic rings. The van der Waals surface area contributed by atoms with Gasteiger partial charge < -0.3 is 5.11 Å². The number of nitriles is 1. The highest BCUT2D eigenvalue weighted by atomic mass is 32.2. The number of nitrogens with one attached hydrogen (secondary N) is 1. The van der Waals surface area contributed by atoms with Gasteiger partial charge in [-0.25, -0.2) is 17.6 Å². The Labute approximate surface area is 173 Å². The lowest BCUT2D eigenvalue weighted by molar-refractivity contribution is 0.0696. The van der Waals surface area contributed by atoms with Crippen LogP contribution in [0.3, 0.4) is 0 Å². The molecule has 0 spiro atoms. The second kappa shape index (κ2) is 8.35. The summed E-state index contributed by atoms with van der Waals surface area (Å²) in [6.07, 6.45) is 0.366. The standard InChI is InChI=1S/C22H17FN2O4S/c1-2-15-7-8-17(22(26)27)12-21(15)30(28,29)25-20-10-14(13-24)6-9-19(20)16-4-3-5-18(23)11-16/h3-12,25H,2H2,1H3,(H,26,27). The minimum atomic E-state index is -4.19. The van der Waals surface area contributed by atoms with Gasteiger partial charge in [0, 0.05) is 5.56 Å². The number of hydrogen-bond donors (Lipinski definition) is 2. The van der Waals surface area contributed by atoms with Crippen molar-refractivity contribution in [2.45, 2.75) is 18.2 Å². The van der Waals surface area contributed by atoms with Crippen molar-refractivity contribution >= 4 is 21.7 Å². The number of carboxylic acids is 1. The molecule has 6 nitrogen and oxygen atoms in total. The van der Waals surface area contributed by atoms with Gasteiger partial charge in [0.15, 0.2) is 0 Å². The molecule has 2 N–H and O–H groups in total. The van der Waals surface area contributed by atoms with Crippen LogP contribution in [0.25, 0.3) is 11.1 Å². The Morgan fingerprint density at radius 2 is 1.90 bits per heavy atom. The molecule has 0 saturated heterocycles. The van der Waals surface area contributed by atoms with Crippen molar-refractivity contribution in [1.82, 2.24) is 0 Å². The van der Waals surface area contributed by atoms with Crippen LogP contribution in [-0.2, 0) is 16.4 Å². The molecule has 0 saturated carbocycles. The molecule has 0 aliphatic heterocycles. The molecule has 0 atom stereocenters. The van der Waals surface area contributed by atoms with Gasteiger partial charge in [-0.15, -0.1) is 0 Å². The highest BCUT2D eigenvalue weighted by molar-refractivity contribution is 7.92. The third-order valence-electron chi connectivity index (χ3n) is 4.51. The first-order valence-electron chi connectivity index (χ1n) is 8.94. The Bertz CT molecular complexity index is 1280. The van der Waals surface area contributed by atoms with Gasteiger partial charge in [-0.1, -0.05) is 31.2 Å². The Morgan fingerprint density at radius 3 is 2.53 bits per heavy atom. The molecule has 8 heteroatoms. The number of carboxylic acid groups (broad SMARTS) is 1. The Hall–Kier alpha value is -3.70. The number of aromatic carboxylic acids is 1. The lowest BCUT2D eigenvalue weighted by Crippen LogP contribution is -2.16. The van der Waals surface area contributed by atoms with Gasteiger partial charge in [0.25, 0.3) is 10.0 Å². The highest BCUT2D eigenvalue weighted by Gasteiger charge is 2.22. The van der Waals surface area contributed by atoms with E-state index < -0.39 is 21.8 Å². The number of benzene rings is 3. The van der Waals surface area contributed by atoms with Crippen LogP contribution in [0.5, 0.6) is 0 Å². The molecule has 0 radical (unpaired) electrons. The molecule has 3 aromatic carbocycles. The minimum Gasteiger partial charge on any atom is -0.478 e. The first kappa shape index (κ1) is 21.0. The third kappa shape index (κ3) is 4.31. The minimum absolute atomic E-state index is 0.0856. The fourth-order valence-electron chi connectivity index (χ4n) is 3.04. The fraction of sp³-hybridized carbons (Fsp3) is 0.0909. The van der Waals surface area contributed by atoms with E-state index in [1.54, 1.807) is 13.0 Å². The summed E-state index contributed by atoms with van der Waals surface area (Å²) in [5.41, 5.74) is 1.38. The van der Waals surface area contributed by atoms with Crippen LogP contribution in [0.2, 0.25) is 0 Å². The molecule has 0 heterocycles. The van der Waals surface area contributed by atoms with Crippen LogP contribution in [-0.4, -0.2) is 19.5 Å². The maximum absolute atomic E-state index is 13.7. The van der Waals surface area contributed by atoms with Crippen LogP contribution in [0.1, 0.15) is 28.4 Å². The number of halogens is 1. The van der Waals surface area contributed by atoms with E-state index in [4.69, 9.17) is 0 Å². The smallest absolute Gasteiger partial charge is 0.335 e. The summed E-state index contributed by atoms with van der Waals surface area (Å²) in [5, 5.41) is 18.4. The van der Waals surface area contributed by atoms with Crippen LogP contribution in [0, 0.1) is 17.1 Å². The van der Waals surface area contributed by atoms with Crippen molar-refractivity contribution in [1.29, 1.82) is 5.26 Å². The zero-order chi connectivity index (χ0) is 21.9. The lowest BCUT2D eigenvalue weighted by Gasteiger charge is -2.16. The topological polar surface area (TPSA) is 107 Å². The average molecular weight is 424 g/mol. The van der Waals surface area contributed by atoms with Crippen LogP contribution in [0.4, 0.5) is 10.1 Å². The van der Waals surface area contributed by atoms with Gasteiger partial charge in [-0.3, -0.25) is 4.72 Å². The predicted molar refractivity (Wildman–Crippen MR) is 110 cm³/mol. The second-order valence-corrected chi connectivity index (χ2v) is 8.12. The van der Waals surface area contributed by atoms with Crippen LogP contribution < -0.4 is 4.72 Å². The van der Waals surface area contributed by atoms with Crippen molar-refractivity contribution < 1.29 is 22.7 Å². The lowest BCUT2D eigenvalue weighted by atomic mass is 10.0. The second-order valence-electron chi connectivity index (χ2n) is 6.47. The number of carbonyl (C=O) groups is 1. The predicted octanol–water partition coefficient (Wildman–Crippen LogP) is 4.43. The zero-order valence-corrected chi connectivity index (χ0v) is 16.7. The van der Waals surface area contributed by atoms with E-state index in [9.17, 15) is 28.0 Å². The third-order valence-corrected chi connectivity index (χ3v) is 5.96. The molecule has 0 aliphatic rings. The maximum atomic E-state index is 13.7. The molecule has 152 valence electrons. The maximum Gasteiger partial charge on any atom is 0.335 e. The number of hydrogen-bond acceptors (Lipinski definition) is 4. The summed E-state index contributed by atoms with van der Waals surface area (Å²) < 4.78 is 42.4. The Balaban J connectivity index is 2.15. The van der Waals surface area contributed by atoms with Crippen molar-refractivity contribution in [2.75, 3.05) is 4.72 Å². The molecule has 3 rings (SSSR count). The van der Waals surface area contributed by atoms with Gasteiger partial charge in [-0.05, 0) is 53.9 Å². The number of rotatable bonds is 6. The molecule has 0 aliphatic carbocycles. The quantitative estimate of drug-likeness (QED) is 0.609. The SMILES string of the molecule is CCc1ccc(C(=O)O)cc1S(=O)(=O)Nc1cc(C#N)ccc1-c1cccc(F)c1. The van der Waals surface area contributed by atoms with Gasteiger partial charge in [0.1, 0.15) is 5.82 Å². The number of sulfonamides is 1. The molecule has 0 unspecified atom stereocenters. The number of aryl methyl sites for hydroxylation is 1. The molecule has 0 fully saturated rings. The molecule has 0 aromatic heterocycles. The van der Waals surface area contributed by atoms with Gasteiger partial charge in [-0.2, -0.15) is 5.26 Å². The number of anilines is 1. The van der Waals surface area contributed by atoms with E-state index >= 15 is 0 Å². The monoisotopic (exact) mass is 424 g/mol. The van der Waals surface area contributed by atoms with E-state index in [1.807, 2.05) is 6.07 Å². The molecule has 30 heavy (non-hydrogen) atoms. The van der Waals surface area contributed by atoms with E-state index in [-0.39, 0.29) is 21.7 Å². The average Bonchev–Trinajstić information content (AvgIpc) is 2.72. The van der Waals surface area contributed by atoms with Crippen LogP contribution >= 0.6 is 0 Å². The zero-order valence-electron chi connectivity index (χ0n) is 15.9. The molecular formula is C22H17FN2O4S. The van der Waals surface area contributed by atoms with E-state index in [0.29, 0.717) is 23.1 Å². The van der Waals surface area contributed by atoms with Crippen molar-refractivity contribution in [3.05, 3.63) is 83.2 Å². The largest absolute Gasteiger partial charge is 0.478 e. The van der Waals surface area contributed by atoms with Gasteiger partial charge in [0.05, 0.1) is 27.8 Å².